The molecule has 2 aromatic rings. The Morgan fingerprint density at radius 3 is 2.53 bits per heavy atom. The van der Waals surface area contributed by atoms with Crippen molar-refractivity contribution >= 4 is 5.82 Å². The lowest BCUT2D eigenvalue weighted by Gasteiger charge is -2.11. The molecule has 4 nitrogen and oxygen atoms in total. The van der Waals surface area contributed by atoms with E-state index in [1.54, 1.807) is 7.05 Å². The average molecular weight is 242 g/mol. The molecule has 0 bridgehead atoms. The number of nitrogen functional groups attached to an aromatic ring is 1. The Kier molecular flexibility index (Phi) is 2.53. The molecule has 2 heterocycles. The molecule has 7 heteroatoms. The minimum atomic E-state index is -4.47. The third-order valence-electron chi connectivity index (χ3n) is 2.20. The van der Waals surface area contributed by atoms with E-state index in [0.717, 1.165) is 12.1 Å². The Bertz CT molecular complexity index is 545. The highest BCUT2D eigenvalue weighted by Gasteiger charge is 2.34. The standard InChI is InChI=1S/C10H9F3N4/c1-17-5-6(4-15-17)9-7(10(11,12)13)2-3-8(14)16-9/h2-5H,1H3,(H2,14,16). The van der Waals surface area contributed by atoms with Crippen LogP contribution in [-0.4, -0.2) is 14.8 Å². The van der Waals surface area contributed by atoms with E-state index in [-0.39, 0.29) is 17.1 Å². The predicted molar refractivity (Wildman–Crippen MR) is 55.9 cm³/mol. The highest BCUT2D eigenvalue weighted by molar-refractivity contribution is 5.64. The van der Waals surface area contributed by atoms with E-state index < -0.39 is 11.7 Å². The molecule has 0 aliphatic heterocycles. The molecule has 0 aromatic carbocycles. The molecule has 0 saturated carbocycles. The van der Waals surface area contributed by atoms with Crippen LogP contribution in [0.3, 0.4) is 0 Å². The minimum absolute atomic E-state index is 0.0388. The normalized spacial score (nSPS) is 11.8. The molecular formula is C10H9F3N4. The topological polar surface area (TPSA) is 56.7 Å². The number of aromatic nitrogens is 3. The second kappa shape index (κ2) is 3.76. The maximum absolute atomic E-state index is 12.8. The molecule has 0 aliphatic carbocycles. The van der Waals surface area contributed by atoms with Crippen molar-refractivity contribution in [1.29, 1.82) is 0 Å². The smallest absolute Gasteiger partial charge is 0.384 e. The van der Waals surface area contributed by atoms with Gasteiger partial charge in [-0.05, 0) is 12.1 Å². The predicted octanol–water partition coefficient (Wildman–Crippen LogP) is 2.08. The van der Waals surface area contributed by atoms with Gasteiger partial charge in [0.1, 0.15) is 5.82 Å². The van der Waals surface area contributed by atoms with E-state index in [4.69, 9.17) is 5.73 Å². The van der Waals surface area contributed by atoms with Gasteiger partial charge in [0, 0.05) is 18.8 Å². The maximum atomic E-state index is 12.8. The Labute approximate surface area is 94.9 Å². The first-order valence-electron chi connectivity index (χ1n) is 4.70. The zero-order chi connectivity index (χ0) is 12.6. The van der Waals surface area contributed by atoms with E-state index >= 15 is 0 Å². The fourth-order valence-corrected chi connectivity index (χ4v) is 1.47. The summed E-state index contributed by atoms with van der Waals surface area (Å²) in [6.45, 7) is 0. The van der Waals surface area contributed by atoms with Gasteiger partial charge in [0.05, 0.1) is 17.5 Å². The quantitative estimate of drug-likeness (QED) is 0.832. The molecule has 0 spiro atoms. The highest BCUT2D eigenvalue weighted by Crippen LogP contribution is 2.36. The van der Waals surface area contributed by atoms with Crippen molar-refractivity contribution in [2.24, 2.45) is 7.05 Å². The van der Waals surface area contributed by atoms with Gasteiger partial charge in [-0.3, -0.25) is 4.68 Å². The van der Waals surface area contributed by atoms with E-state index in [1.807, 2.05) is 0 Å². The Hall–Kier alpha value is -2.05. The van der Waals surface area contributed by atoms with Crippen LogP contribution in [0.2, 0.25) is 0 Å². The number of nitrogens with two attached hydrogens (primary N) is 1. The maximum Gasteiger partial charge on any atom is 0.418 e. The van der Waals surface area contributed by atoms with Crippen LogP contribution in [0.25, 0.3) is 11.3 Å². The molecule has 0 atom stereocenters. The average Bonchev–Trinajstić information content (AvgIpc) is 2.62. The van der Waals surface area contributed by atoms with E-state index in [0.29, 0.717) is 0 Å². The highest BCUT2D eigenvalue weighted by atomic mass is 19.4. The number of hydrogen-bond acceptors (Lipinski definition) is 3. The third-order valence-corrected chi connectivity index (χ3v) is 2.20. The molecule has 0 aliphatic rings. The minimum Gasteiger partial charge on any atom is -0.384 e. The van der Waals surface area contributed by atoms with E-state index in [9.17, 15) is 13.2 Å². The lowest BCUT2D eigenvalue weighted by Crippen LogP contribution is -2.09. The molecule has 90 valence electrons. The zero-order valence-electron chi connectivity index (χ0n) is 8.86. The van der Waals surface area contributed by atoms with Crippen LogP contribution in [0, 0.1) is 0 Å². The van der Waals surface area contributed by atoms with Crippen molar-refractivity contribution in [2.45, 2.75) is 6.18 Å². The van der Waals surface area contributed by atoms with Gasteiger partial charge >= 0.3 is 6.18 Å². The van der Waals surface area contributed by atoms with Crippen LogP contribution in [0.1, 0.15) is 5.56 Å². The van der Waals surface area contributed by atoms with Crippen molar-refractivity contribution in [2.75, 3.05) is 5.73 Å². The van der Waals surface area contributed by atoms with Gasteiger partial charge in [0.25, 0.3) is 0 Å². The lowest BCUT2D eigenvalue weighted by molar-refractivity contribution is -0.137. The summed E-state index contributed by atoms with van der Waals surface area (Å²) in [6, 6.07) is 2.05. The first-order valence-corrected chi connectivity index (χ1v) is 4.70. The number of rotatable bonds is 1. The lowest BCUT2D eigenvalue weighted by atomic mass is 10.1. The summed E-state index contributed by atoms with van der Waals surface area (Å²) in [5.41, 5.74) is 4.67. The summed E-state index contributed by atoms with van der Waals surface area (Å²) in [6.07, 6.45) is -1.69. The van der Waals surface area contributed by atoms with Gasteiger partial charge in [-0.1, -0.05) is 0 Å². The van der Waals surface area contributed by atoms with E-state index in [1.165, 1.54) is 17.1 Å². The second-order valence-electron chi connectivity index (χ2n) is 3.53. The molecule has 2 aromatic heterocycles. The van der Waals surface area contributed by atoms with Crippen molar-refractivity contribution < 1.29 is 13.2 Å². The number of anilines is 1. The van der Waals surface area contributed by atoms with Crippen molar-refractivity contribution in [3.63, 3.8) is 0 Å². The number of aryl methyl sites for hydroxylation is 1. The van der Waals surface area contributed by atoms with Gasteiger partial charge in [-0.2, -0.15) is 18.3 Å². The Balaban J connectivity index is 2.63. The number of nitrogens with zero attached hydrogens (tertiary/aromatic N) is 3. The monoisotopic (exact) mass is 242 g/mol. The van der Waals surface area contributed by atoms with Gasteiger partial charge in [0.2, 0.25) is 0 Å². The largest absolute Gasteiger partial charge is 0.418 e. The summed E-state index contributed by atoms with van der Waals surface area (Å²) >= 11 is 0. The first-order chi connectivity index (χ1) is 7.88. The van der Waals surface area contributed by atoms with Crippen molar-refractivity contribution in [1.82, 2.24) is 14.8 Å². The fraction of sp³-hybridized carbons (Fsp3) is 0.200. The third kappa shape index (κ3) is 2.22. The summed E-state index contributed by atoms with van der Waals surface area (Å²) in [5.74, 6) is 0.0388. The molecule has 0 amide bonds. The summed E-state index contributed by atoms with van der Waals surface area (Å²) in [7, 11) is 1.61. The van der Waals surface area contributed by atoms with Gasteiger partial charge < -0.3 is 5.73 Å². The number of alkyl halides is 3. The number of halogens is 3. The number of pyridine rings is 1. The Morgan fingerprint density at radius 1 is 1.29 bits per heavy atom. The molecule has 0 saturated heterocycles. The molecule has 0 unspecified atom stereocenters. The second-order valence-corrected chi connectivity index (χ2v) is 3.53. The van der Waals surface area contributed by atoms with Crippen molar-refractivity contribution in [3.8, 4) is 11.3 Å². The van der Waals surface area contributed by atoms with Crippen LogP contribution < -0.4 is 5.73 Å². The van der Waals surface area contributed by atoms with Gasteiger partial charge in [-0.25, -0.2) is 4.98 Å². The SMILES string of the molecule is Cn1cc(-c2nc(N)ccc2C(F)(F)F)cn1. The zero-order valence-corrected chi connectivity index (χ0v) is 8.86. The van der Waals surface area contributed by atoms with Crippen molar-refractivity contribution in [3.05, 3.63) is 30.1 Å². The molecule has 0 fully saturated rings. The Morgan fingerprint density at radius 2 is 2.00 bits per heavy atom. The number of hydrogen-bond donors (Lipinski definition) is 1. The molecule has 2 rings (SSSR count). The fourth-order valence-electron chi connectivity index (χ4n) is 1.47. The van der Waals surface area contributed by atoms with Crippen LogP contribution >= 0.6 is 0 Å². The first kappa shape index (κ1) is 11.4. The van der Waals surface area contributed by atoms with Gasteiger partial charge in [0.15, 0.2) is 0 Å². The van der Waals surface area contributed by atoms with Crippen LogP contribution in [0.15, 0.2) is 24.5 Å². The van der Waals surface area contributed by atoms with Crippen LogP contribution in [0.4, 0.5) is 19.0 Å². The summed E-state index contributed by atoms with van der Waals surface area (Å²) < 4.78 is 39.7. The van der Waals surface area contributed by atoms with Crippen LogP contribution in [-0.2, 0) is 13.2 Å². The molecular weight excluding hydrogens is 233 g/mol. The summed E-state index contributed by atoms with van der Waals surface area (Å²) in [4.78, 5) is 3.73. The molecule has 2 N–H and O–H groups in total. The molecule has 17 heavy (non-hydrogen) atoms. The molecule has 0 radical (unpaired) electrons. The van der Waals surface area contributed by atoms with Gasteiger partial charge in [-0.15, -0.1) is 0 Å². The summed E-state index contributed by atoms with van der Waals surface area (Å²) in [5, 5.41) is 3.81. The van der Waals surface area contributed by atoms with Crippen LogP contribution in [0.5, 0.6) is 0 Å². The van der Waals surface area contributed by atoms with E-state index in [2.05, 4.69) is 10.1 Å².